The van der Waals surface area contributed by atoms with Crippen LogP contribution in [0.1, 0.15) is 17.4 Å². The Labute approximate surface area is 138 Å². The predicted molar refractivity (Wildman–Crippen MR) is 87.0 cm³/mol. The minimum absolute atomic E-state index is 0.298. The molecule has 0 atom stereocenters. The van der Waals surface area contributed by atoms with E-state index in [4.69, 9.17) is 16.1 Å². The SMILES string of the molecule is Clc1cccc(CN2CC(c3nc(-c4cccnc4)no3)C2)c1. The van der Waals surface area contributed by atoms with Crippen LogP contribution in [0.15, 0.2) is 53.3 Å². The lowest BCUT2D eigenvalue weighted by Crippen LogP contribution is -2.44. The van der Waals surface area contributed by atoms with E-state index in [2.05, 4.69) is 26.1 Å². The number of likely N-dealkylation sites (tertiary alicyclic amines) is 1. The van der Waals surface area contributed by atoms with Crippen LogP contribution in [-0.2, 0) is 6.54 Å². The molecule has 4 rings (SSSR count). The summed E-state index contributed by atoms with van der Waals surface area (Å²) >= 11 is 6.02. The number of halogens is 1. The second-order valence-electron chi connectivity index (χ2n) is 5.72. The summed E-state index contributed by atoms with van der Waals surface area (Å²) in [7, 11) is 0. The van der Waals surface area contributed by atoms with E-state index < -0.39 is 0 Å². The molecule has 2 aromatic heterocycles. The fraction of sp³-hybridized carbons (Fsp3) is 0.235. The molecule has 0 N–H and O–H groups in total. The molecular weight excluding hydrogens is 312 g/mol. The van der Waals surface area contributed by atoms with Crippen LogP contribution in [0.5, 0.6) is 0 Å². The first-order valence-corrected chi connectivity index (χ1v) is 7.86. The van der Waals surface area contributed by atoms with Crippen molar-refractivity contribution in [3.63, 3.8) is 0 Å². The first kappa shape index (κ1) is 14.4. The van der Waals surface area contributed by atoms with Gasteiger partial charge in [0.05, 0.1) is 5.92 Å². The Morgan fingerprint density at radius 1 is 1.22 bits per heavy atom. The van der Waals surface area contributed by atoms with Crippen molar-refractivity contribution < 1.29 is 4.52 Å². The minimum atomic E-state index is 0.298. The maximum Gasteiger partial charge on any atom is 0.232 e. The van der Waals surface area contributed by atoms with E-state index in [1.165, 1.54) is 5.56 Å². The predicted octanol–water partition coefficient (Wildman–Crippen LogP) is 3.38. The second kappa shape index (κ2) is 6.10. The van der Waals surface area contributed by atoms with E-state index in [0.29, 0.717) is 17.6 Å². The van der Waals surface area contributed by atoms with Crippen LogP contribution in [0.3, 0.4) is 0 Å². The van der Waals surface area contributed by atoms with E-state index in [1.807, 2.05) is 30.3 Å². The molecule has 23 heavy (non-hydrogen) atoms. The van der Waals surface area contributed by atoms with E-state index >= 15 is 0 Å². The Balaban J connectivity index is 1.38. The maximum absolute atomic E-state index is 6.02. The van der Waals surface area contributed by atoms with Gasteiger partial charge in [-0.05, 0) is 29.8 Å². The molecule has 116 valence electrons. The topological polar surface area (TPSA) is 55.1 Å². The molecule has 1 fully saturated rings. The average Bonchev–Trinajstić information content (AvgIpc) is 3.01. The largest absolute Gasteiger partial charge is 0.339 e. The highest BCUT2D eigenvalue weighted by Crippen LogP contribution is 2.28. The van der Waals surface area contributed by atoms with Crippen LogP contribution in [0, 0.1) is 0 Å². The number of hydrogen-bond acceptors (Lipinski definition) is 5. The van der Waals surface area contributed by atoms with Crippen LogP contribution in [-0.4, -0.2) is 33.1 Å². The molecule has 0 amide bonds. The Kier molecular flexibility index (Phi) is 3.81. The molecule has 1 aromatic carbocycles. The van der Waals surface area contributed by atoms with Gasteiger partial charge in [-0.3, -0.25) is 9.88 Å². The quantitative estimate of drug-likeness (QED) is 0.735. The van der Waals surface area contributed by atoms with Gasteiger partial charge in [0.25, 0.3) is 0 Å². The normalized spacial score (nSPS) is 15.5. The van der Waals surface area contributed by atoms with Crippen molar-refractivity contribution in [2.24, 2.45) is 0 Å². The first-order valence-electron chi connectivity index (χ1n) is 7.49. The number of rotatable bonds is 4. The van der Waals surface area contributed by atoms with Crippen molar-refractivity contribution in [1.29, 1.82) is 0 Å². The van der Waals surface area contributed by atoms with E-state index in [9.17, 15) is 0 Å². The van der Waals surface area contributed by atoms with Gasteiger partial charge in [0.15, 0.2) is 0 Å². The van der Waals surface area contributed by atoms with E-state index in [1.54, 1.807) is 12.4 Å². The summed E-state index contributed by atoms with van der Waals surface area (Å²) in [4.78, 5) is 10.9. The molecule has 0 bridgehead atoms. The molecule has 0 spiro atoms. The highest BCUT2D eigenvalue weighted by Gasteiger charge is 2.32. The van der Waals surface area contributed by atoms with Crippen molar-refractivity contribution >= 4 is 11.6 Å². The minimum Gasteiger partial charge on any atom is -0.339 e. The maximum atomic E-state index is 6.02. The molecule has 3 heterocycles. The van der Waals surface area contributed by atoms with Crippen molar-refractivity contribution in [1.82, 2.24) is 20.0 Å². The third kappa shape index (κ3) is 3.11. The van der Waals surface area contributed by atoms with Gasteiger partial charge in [0, 0.05) is 42.6 Å². The van der Waals surface area contributed by atoms with Gasteiger partial charge in [0.1, 0.15) is 0 Å². The fourth-order valence-corrected chi connectivity index (χ4v) is 2.97. The lowest BCUT2D eigenvalue weighted by molar-refractivity contribution is 0.117. The summed E-state index contributed by atoms with van der Waals surface area (Å²) < 4.78 is 5.40. The first-order chi connectivity index (χ1) is 11.3. The molecule has 1 saturated heterocycles. The Bertz CT molecular complexity index is 799. The van der Waals surface area contributed by atoms with Gasteiger partial charge in [-0.1, -0.05) is 28.9 Å². The summed E-state index contributed by atoms with van der Waals surface area (Å²) in [6.45, 7) is 2.73. The van der Waals surface area contributed by atoms with Crippen LogP contribution in [0.2, 0.25) is 5.02 Å². The summed E-state index contributed by atoms with van der Waals surface area (Å²) in [5.41, 5.74) is 2.09. The van der Waals surface area contributed by atoms with Crippen LogP contribution < -0.4 is 0 Å². The fourth-order valence-electron chi connectivity index (χ4n) is 2.76. The van der Waals surface area contributed by atoms with Crippen LogP contribution in [0.25, 0.3) is 11.4 Å². The average molecular weight is 327 g/mol. The number of aromatic nitrogens is 3. The number of benzene rings is 1. The molecule has 6 heteroatoms. The number of hydrogen-bond donors (Lipinski definition) is 0. The van der Waals surface area contributed by atoms with Crippen molar-refractivity contribution in [3.8, 4) is 11.4 Å². The monoisotopic (exact) mass is 326 g/mol. The molecule has 0 radical (unpaired) electrons. The lowest BCUT2D eigenvalue weighted by atomic mass is 9.99. The van der Waals surface area contributed by atoms with E-state index in [0.717, 1.165) is 30.2 Å². The molecule has 1 aliphatic rings. The van der Waals surface area contributed by atoms with Crippen molar-refractivity contribution in [3.05, 3.63) is 65.3 Å². The Morgan fingerprint density at radius 2 is 2.13 bits per heavy atom. The Hall–Kier alpha value is -2.24. The molecule has 0 saturated carbocycles. The summed E-state index contributed by atoms with van der Waals surface area (Å²) in [6.07, 6.45) is 3.46. The number of pyridine rings is 1. The van der Waals surface area contributed by atoms with Crippen LogP contribution >= 0.6 is 11.6 Å². The van der Waals surface area contributed by atoms with Gasteiger partial charge in [-0.2, -0.15) is 4.98 Å². The third-order valence-corrected chi connectivity index (χ3v) is 4.20. The molecular formula is C17H15ClN4O. The zero-order chi connectivity index (χ0) is 15.6. The van der Waals surface area contributed by atoms with Gasteiger partial charge in [-0.15, -0.1) is 0 Å². The molecule has 3 aromatic rings. The smallest absolute Gasteiger partial charge is 0.232 e. The second-order valence-corrected chi connectivity index (χ2v) is 6.16. The van der Waals surface area contributed by atoms with Gasteiger partial charge >= 0.3 is 0 Å². The molecule has 5 nitrogen and oxygen atoms in total. The third-order valence-electron chi connectivity index (χ3n) is 3.96. The molecule has 0 aliphatic carbocycles. The van der Waals surface area contributed by atoms with Crippen molar-refractivity contribution in [2.75, 3.05) is 13.1 Å². The summed E-state index contributed by atoms with van der Waals surface area (Å²) in [5.74, 6) is 1.60. The highest BCUT2D eigenvalue weighted by atomic mass is 35.5. The highest BCUT2D eigenvalue weighted by molar-refractivity contribution is 6.30. The van der Waals surface area contributed by atoms with E-state index in [-0.39, 0.29) is 0 Å². The zero-order valence-corrected chi connectivity index (χ0v) is 13.1. The standard InChI is InChI=1S/C17H15ClN4O/c18-15-5-1-3-12(7-15)9-22-10-14(11-22)17-20-16(21-23-17)13-4-2-6-19-8-13/h1-8,14H,9-11H2. The lowest BCUT2D eigenvalue weighted by Gasteiger charge is -2.37. The van der Waals surface area contributed by atoms with Crippen molar-refractivity contribution in [2.45, 2.75) is 12.5 Å². The zero-order valence-electron chi connectivity index (χ0n) is 12.4. The Morgan fingerprint density at radius 3 is 2.91 bits per heavy atom. The molecule has 0 unspecified atom stereocenters. The summed E-state index contributed by atoms with van der Waals surface area (Å²) in [5, 5.41) is 4.82. The number of nitrogens with zero attached hydrogens (tertiary/aromatic N) is 4. The molecule has 1 aliphatic heterocycles. The summed E-state index contributed by atoms with van der Waals surface area (Å²) in [6, 6.07) is 11.7. The van der Waals surface area contributed by atoms with Gasteiger partial charge < -0.3 is 4.52 Å². The van der Waals surface area contributed by atoms with Gasteiger partial charge in [-0.25, -0.2) is 0 Å². The van der Waals surface area contributed by atoms with Crippen LogP contribution in [0.4, 0.5) is 0 Å². The van der Waals surface area contributed by atoms with Gasteiger partial charge in [0.2, 0.25) is 11.7 Å².